The van der Waals surface area contributed by atoms with Gasteiger partial charge in [-0.05, 0) is 6.92 Å². The normalized spacial score (nSPS) is 14.3. The summed E-state index contributed by atoms with van der Waals surface area (Å²) in [5.41, 5.74) is 6.22. The number of aromatic nitrogens is 1. The van der Waals surface area contributed by atoms with E-state index in [2.05, 4.69) is 10.1 Å². The quantitative estimate of drug-likeness (QED) is 0.262. The van der Waals surface area contributed by atoms with E-state index in [0.29, 0.717) is 11.6 Å². The van der Waals surface area contributed by atoms with Crippen LogP contribution < -0.4 is 5.73 Å². The molecule has 78 valence electrons. The number of thioether (sulfide) groups is 1. The third kappa shape index (κ3) is 3.29. The van der Waals surface area contributed by atoms with Crippen LogP contribution in [0, 0.1) is 6.92 Å². The lowest BCUT2D eigenvalue weighted by Gasteiger charge is -2.05. The molecule has 1 atom stereocenters. The minimum atomic E-state index is 0.170. The van der Waals surface area contributed by atoms with Gasteiger partial charge in [0, 0.05) is 11.7 Å². The van der Waals surface area contributed by atoms with Crippen molar-refractivity contribution in [2.75, 3.05) is 0 Å². The Morgan fingerprint density at radius 3 is 3.07 bits per heavy atom. The van der Waals surface area contributed by atoms with Gasteiger partial charge in [0.05, 0.1) is 5.69 Å². The predicted octanol–water partition coefficient (Wildman–Crippen LogP) is 1.60. The largest absolute Gasteiger partial charge is 0.440 e. The first kappa shape index (κ1) is 10.9. The Hall–Kier alpha value is -1.17. The zero-order valence-electron chi connectivity index (χ0n) is 8.10. The standard InChI is InChI=1S/C8H13N3O2S/c1-5-4-13-8(10-5)14-6(2)3-7(9)11-12/h4,6,12H,3H2,1-2H3,(H2,9,11). The molecule has 14 heavy (non-hydrogen) atoms. The zero-order valence-corrected chi connectivity index (χ0v) is 8.91. The molecule has 0 saturated carbocycles. The number of oxime groups is 1. The summed E-state index contributed by atoms with van der Waals surface area (Å²) < 4.78 is 5.16. The van der Waals surface area contributed by atoms with Crippen molar-refractivity contribution in [3.8, 4) is 0 Å². The summed E-state index contributed by atoms with van der Waals surface area (Å²) >= 11 is 1.46. The molecular formula is C8H13N3O2S. The molecule has 1 aromatic rings. The van der Waals surface area contributed by atoms with Gasteiger partial charge in [-0.3, -0.25) is 0 Å². The third-order valence-electron chi connectivity index (χ3n) is 1.52. The van der Waals surface area contributed by atoms with Crippen LogP contribution in [-0.2, 0) is 0 Å². The van der Waals surface area contributed by atoms with Gasteiger partial charge in [-0.15, -0.1) is 0 Å². The molecule has 0 spiro atoms. The van der Waals surface area contributed by atoms with E-state index in [4.69, 9.17) is 15.4 Å². The molecule has 0 saturated heterocycles. The van der Waals surface area contributed by atoms with Crippen molar-refractivity contribution in [3.05, 3.63) is 12.0 Å². The average molecular weight is 215 g/mol. The molecule has 0 aliphatic heterocycles. The Bertz CT molecular complexity index is 324. The molecule has 0 fully saturated rings. The first-order valence-electron chi connectivity index (χ1n) is 4.17. The van der Waals surface area contributed by atoms with Crippen molar-refractivity contribution >= 4 is 17.6 Å². The van der Waals surface area contributed by atoms with Gasteiger partial charge in [0.15, 0.2) is 0 Å². The van der Waals surface area contributed by atoms with Crippen LogP contribution in [0.4, 0.5) is 0 Å². The highest BCUT2D eigenvalue weighted by Crippen LogP contribution is 2.23. The maximum Gasteiger partial charge on any atom is 0.256 e. The van der Waals surface area contributed by atoms with Crippen LogP contribution in [0.2, 0.25) is 0 Å². The van der Waals surface area contributed by atoms with E-state index in [0.717, 1.165) is 5.69 Å². The molecular weight excluding hydrogens is 202 g/mol. The number of hydrogen-bond acceptors (Lipinski definition) is 5. The van der Waals surface area contributed by atoms with Crippen LogP contribution in [0.5, 0.6) is 0 Å². The summed E-state index contributed by atoms with van der Waals surface area (Å²) in [5, 5.41) is 12.1. The molecule has 0 radical (unpaired) electrons. The first-order valence-corrected chi connectivity index (χ1v) is 5.05. The van der Waals surface area contributed by atoms with E-state index in [-0.39, 0.29) is 11.1 Å². The van der Waals surface area contributed by atoms with Gasteiger partial charge in [-0.1, -0.05) is 23.8 Å². The minimum absolute atomic E-state index is 0.170. The maximum atomic E-state index is 8.37. The first-order chi connectivity index (χ1) is 6.61. The van der Waals surface area contributed by atoms with Crippen molar-refractivity contribution in [2.24, 2.45) is 10.9 Å². The van der Waals surface area contributed by atoms with E-state index >= 15 is 0 Å². The van der Waals surface area contributed by atoms with E-state index in [1.54, 1.807) is 6.26 Å². The van der Waals surface area contributed by atoms with Crippen LogP contribution in [0.3, 0.4) is 0 Å². The third-order valence-corrected chi connectivity index (χ3v) is 2.48. The van der Waals surface area contributed by atoms with Crippen LogP contribution in [0.15, 0.2) is 21.1 Å². The number of nitrogens with zero attached hydrogens (tertiary/aromatic N) is 2. The van der Waals surface area contributed by atoms with E-state index < -0.39 is 0 Å². The highest BCUT2D eigenvalue weighted by atomic mass is 32.2. The monoisotopic (exact) mass is 215 g/mol. The second kappa shape index (κ2) is 4.90. The lowest BCUT2D eigenvalue weighted by atomic mass is 10.3. The molecule has 0 aliphatic rings. The van der Waals surface area contributed by atoms with Crippen molar-refractivity contribution in [1.29, 1.82) is 0 Å². The molecule has 5 nitrogen and oxygen atoms in total. The smallest absolute Gasteiger partial charge is 0.256 e. The molecule has 0 amide bonds. The molecule has 3 N–H and O–H groups in total. The lowest BCUT2D eigenvalue weighted by Crippen LogP contribution is -2.16. The molecule has 1 aromatic heterocycles. The van der Waals surface area contributed by atoms with Crippen LogP contribution >= 0.6 is 11.8 Å². The predicted molar refractivity (Wildman–Crippen MR) is 54.6 cm³/mol. The van der Waals surface area contributed by atoms with Gasteiger partial charge in [-0.25, -0.2) is 4.98 Å². The fourth-order valence-corrected chi connectivity index (χ4v) is 1.83. The summed E-state index contributed by atoms with van der Waals surface area (Å²) in [7, 11) is 0. The fraction of sp³-hybridized carbons (Fsp3) is 0.500. The molecule has 0 aromatic carbocycles. The topological polar surface area (TPSA) is 84.6 Å². The average Bonchev–Trinajstić information content (AvgIpc) is 2.50. The zero-order chi connectivity index (χ0) is 10.6. The second-order valence-electron chi connectivity index (χ2n) is 2.98. The van der Waals surface area contributed by atoms with Gasteiger partial charge in [-0.2, -0.15) is 0 Å². The van der Waals surface area contributed by atoms with Gasteiger partial charge < -0.3 is 15.4 Å². The lowest BCUT2D eigenvalue weighted by molar-refractivity contribution is 0.317. The number of aryl methyl sites for hydroxylation is 1. The second-order valence-corrected chi connectivity index (χ2v) is 4.37. The van der Waals surface area contributed by atoms with Gasteiger partial charge in [0.25, 0.3) is 5.22 Å². The Labute approximate surface area is 86.4 Å². The van der Waals surface area contributed by atoms with Crippen molar-refractivity contribution < 1.29 is 9.62 Å². The molecule has 1 heterocycles. The van der Waals surface area contributed by atoms with Gasteiger partial charge in [0.2, 0.25) is 0 Å². The number of oxazole rings is 1. The Morgan fingerprint density at radius 1 is 1.86 bits per heavy atom. The van der Waals surface area contributed by atoms with Crippen molar-refractivity contribution in [2.45, 2.75) is 30.7 Å². The highest BCUT2D eigenvalue weighted by Gasteiger charge is 2.10. The maximum absolute atomic E-state index is 8.37. The van der Waals surface area contributed by atoms with Crippen molar-refractivity contribution in [3.63, 3.8) is 0 Å². The summed E-state index contributed by atoms with van der Waals surface area (Å²) in [6.45, 7) is 3.82. The summed E-state index contributed by atoms with van der Waals surface area (Å²) in [5.74, 6) is 0.216. The molecule has 6 heteroatoms. The highest BCUT2D eigenvalue weighted by molar-refractivity contribution is 7.99. The number of nitrogens with two attached hydrogens (primary N) is 1. The van der Waals surface area contributed by atoms with Gasteiger partial charge in [0.1, 0.15) is 12.1 Å². The summed E-state index contributed by atoms with van der Waals surface area (Å²) in [4.78, 5) is 4.14. The van der Waals surface area contributed by atoms with Gasteiger partial charge >= 0.3 is 0 Å². The van der Waals surface area contributed by atoms with Crippen LogP contribution in [0.25, 0.3) is 0 Å². The Balaban J connectivity index is 2.45. The number of hydrogen-bond donors (Lipinski definition) is 2. The van der Waals surface area contributed by atoms with Crippen LogP contribution in [-0.4, -0.2) is 21.3 Å². The van der Waals surface area contributed by atoms with E-state index in [1.165, 1.54) is 11.8 Å². The van der Waals surface area contributed by atoms with Crippen LogP contribution in [0.1, 0.15) is 19.0 Å². The Kier molecular flexibility index (Phi) is 3.82. The number of rotatable bonds is 4. The molecule has 0 bridgehead atoms. The Morgan fingerprint density at radius 2 is 2.57 bits per heavy atom. The summed E-state index contributed by atoms with van der Waals surface area (Å²) in [6, 6.07) is 0. The summed E-state index contributed by atoms with van der Waals surface area (Å²) in [6.07, 6.45) is 2.10. The van der Waals surface area contributed by atoms with E-state index in [9.17, 15) is 0 Å². The fourth-order valence-electron chi connectivity index (χ4n) is 0.936. The van der Waals surface area contributed by atoms with Crippen molar-refractivity contribution in [1.82, 2.24) is 4.98 Å². The number of amidine groups is 1. The SMILES string of the molecule is Cc1coc(SC(C)CC(N)=NO)n1. The molecule has 1 rings (SSSR count). The molecule has 1 unspecified atom stereocenters. The molecule has 0 aliphatic carbocycles. The minimum Gasteiger partial charge on any atom is -0.440 e. The van der Waals surface area contributed by atoms with E-state index in [1.807, 2.05) is 13.8 Å².